The van der Waals surface area contributed by atoms with Crippen LogP contribution in [0.25, 0.3) is 5.82 Å². The van der Waals surface area contributed by atoms with Crippen LogP contribution in [0.15, 0.2) is 49.1 Å². The van der Waals surface area contributed by atoms with Crippen LogP contribution in [0.2, 0.25) is 0 Å². The van der Waals surface area contributed by atoms with Crippen LogP contribution >= 0.6 is 0 Å². The van der Waals surface area contributed by atoms with Crippen molar-refractivity contribution in [2.75, 3.05) is 13.1 Å². The number of nitrogens with one attached hydrogen (secondary N) is 1. The van der Waals surface area contributed by atoms with E-state index >= 15 is 0 Å². The highest BCUT2D eigenvalue weighted by atomic mass is 16.2. The van der Waals surface area contributed by atoms with Gasteiger partial charge in [-0.05, 0) is 37.1 Å². The van der Waals surface area contributed by atoms with E-state index in [0.29, 0.717) is 23.8 Å². The lowest BCUT2D eigenvalue weighted by molar-refractivity contribution is 0.0705. The van der Waals surface area contributed by atoms with Crippen LogP contribution < -0.4 is 0 Å². The third-order valence-electron chi connectivity index (χ3n) is 4.40. The number of likely N-dealkylation sites (tertiary alicyclic amines) is 1. The molecule has 1 fully saturated rings. The molecule has 1 aliphatic heterocycles. The van der Waals surface area contributed by atoms with Gasteiger partial charge in [0.1, 0.15) is 0 Å². The number of nitrogens with zero attached hydrogens (tertiary/aromatic N) is 5. The number of pyridine rings is 1. The summed E-state index contributed by atoms with van der Waals surface area (Å²) in [4.78, 5) is 19.0. The Morgan fingerprint density at radius 1 is 1.25 bits per heavy atom. The van der Waals surface area contributed by atoms with Crippen molar-refractivity contribution in [3.05, 3.63) is 60.3 Å². The fourth-order valence-electron chi connectivity index (χ4n) is 3.14. The van der Waals surface area contributed by atoms with Crippen molar-refractivity contribution in [1.29, 1.82) is 0 Å². The van der Waals surface area contributed by atoms with E-state index in [2.05, 4.69) is 20.3 Å². The summed E-state index contributed by atoms with van der Waals surface area (Å²) < 4.78 is 1.67. The van der Waals surface area contributed by atoms with Crippen LogP contribution in [-0.4, -0.2) is 48.9 Å². The van der Waals surface area contributed by atoms with Crippen LogP contribution in [0, 0.1) is 0 Å². The smallest absolute Gasteiger partial charge is 0.255 e. The zero-order chi connectivity index (χ0) is 16.4. The summed E-state index contributed by atoms with van der Waals surface area (Å²) in [5, 5.41) is 11.2. The number of aromatic amines is 1. The van der Waals surface area contributed by atoms with Crippen molar-refractivity contribution in [3.63, 3.8) is 0 Å². The third-order valence-corrected chi connectivity index (χ3v) is 4.40. The molecule has 1 aliphatic rings. The second-order valence-corrected chi connectivity index (χ2v) is 5.96. The zero-order valence-electron chi connectivity index (χ0n) is 13.2. The van der Waals surface area contributed by atoms with Crippen molar-refractivity contribution in [2.45, 2.75) is 18.8 Å². The first-order valence-electron chi connectivity index (χ1n) is 8.06. The Balaban J connectivity index is 1.49. The Bertz CT molecular complexity index is 794. The lowest BCUT2D eigenvalue weighted by Gasteiger charge is -2.32. The maximum Gasteiger partial charge on any atom is 0.255 e. The van der Waals surface area contributed by atoms with Crippen molar-refractivity contribution in [2.24, 2.45) is 0 Å². The Morgan fingerprint density at radius 3 is 2.92 bits per heavy atom. The number of amides is 1. The first-order valence-corrected chi connectivity index (χ1v) is 8.06. The molecular weight excluding hydrogens is 304 g/mol. The average Bonchev–Trinajstić information content (AvgIpc) is 3.35. The van der Waals surface area contributed by atoms with Crippen LogP contribution in [0.1, 0.15) is 34.8 Å². The molecule has 0 aliphatic carbocycles. The van der Waals surface area contributed by atoms with E-state index in [1.54, 1.807) is 23.3 Å². The molecule has 3 aromatic heterocycles. The first kappa shape index (κ1) is 14.6. The van der Waals surface area contributed by atoms with Gasteiger partial charge in [0, 0.05) is 49.5 Å². The molecule has 24 heavy (non-hydrogen) atoms. The minimum Gasteiger partial charge on any atom is -0.338 e. The molecular formula is C17H18N6O. The second kappa shape index (κ2) is 6.27. The molecule has 0 aromatic carbocycles. The fraction of sp³-hybridized carbons (Fsp3) is 0.294. The topological polar surface area (TPSA) is 79.7 Å². The molecule has 1 saturated heterocycles. The van der Waals surface area contributed by atoms with Gasteiger partial charge in [-0.15, -0.1) is 0 Å². The largest absolute Gasteiger partial charge is 0.338 e. The fourth-order valence-corrected chi connectivity index (χ4v) is 3.14. The molecule has 0 spiro atoms. The summed E-state index contributed by atoms with van der Waals surface area (Å²) in [5.74, 6) is 1.05. The van der Waals surface area contributed by atoms with Crippen molar-refractivity contribution in [3.8, 4) is 5.82 Å². The number of hydrogen-bond acceptors (Lipinski definition) is 4. The summed E-state index contributed by atoms with van der Waals surface area (Å²) in [7, 11) is 0. The number of aromatic nitrogens is 5. The van der Waals surface area contributed by atoms with E-state index < -0.39 is 0 Å². The molecule has 1 amide bonds. The highest BCUT2D eigenvalue weighted by Crippen LogP contribution is 2.26. The molecule has 4 heterocycles. The summed E-state index contributed by atoms with van der Waals surface area (Å²) in [5.41, 5.74) is 1.70. The van der Waals surface area contributed by atoms with Gasteiger partial charge in [-0.2, -0.15) is 10.2 Å². The van der Waals surface area contributed by atoms with E-state index in [-0.39, 0.29) is 5.91 Å². The van der Waals surface area contributed by atoms with E-state index in [1.165, 1.54) is 0 Å². The highest BCUT2D eigenvalue weighted by molar-refractivity contribution is 5.94. The minimum absolute atomic E-state index is 0.0266. The highest BCUT2D eigenvalue weighted by Gasteiger charge is 2.26. The zero-order valence-corrected chi connectivity index (χ0v) is 13.2. The second-order valence-electron chi connectivity index (χ2n) is 5.96. The Hall–Kier alpha value is -2.96. The molecule has 0 radical (unpaired) electrons. The van der Waals surface area contributed by atoms with E-state index in [9.17, 15) is 4.79 Å². The maximum atomic E-state index is 12.8. The van der Waals surface area contributed by atoms with Gasteiger partial charge in [-0.1, -0.05) is 0 Å². The van der Waals surface area contributed by atoms with E-state index in [1.807, 2.05) is 35.4 Å². The van der Waals surface area contributed by atoms with Gasteiger partial charge in [-0.3, -0.25) is 9.89 Å². The normalized spacial score (nSPS) is 17.8. The van der Waals surface area contributed by atoms with Gasteiger partial charge in [0.05, 0.1) is 5.56 Å². The van der Waals surface area contributed by atoms with Crippen molar-refractivity contribution in [1.82, 2.24) is 29.9 Å². The summed E-state index contributed by atoms with van der Waals surface area (Å²) in [6.07, 6.45) is 8.97. The van der Waals surface area contributed by atoms with Gasteiger partial charge in [0.25, 0.3) is 5.91 Å². The van der Waals surface area contributed by atoms with Crippen LogP contribution in [0.4, 0.5) is 0 Å². The number of carbonyl (C=O) groups excluding carboxylic acids is 1. The van der Waals surface area contributed by atoms with Crippen LogP contribution in [0.5, 0.6) is 0 Å². The summed E-state index contributed by atoms with van der Waals surface area (Å²) in [6, 6.07) is 7.45. The molecule has 1 N–H and O–H groups in total. The quantitative estimate of drug-likeness (QED) is 0.800. The molecule has 1 unspecified atom stereocenters. The minimum atomic E-state index is 0.0266. The molecule has 122 valence electrons. The van der Waals surface area contributed by atoms with Crippen molar-refractivity contribution >= 4 is 5.91 Å². The van der Waals surface area contributed by atoms with Gasteiger partial charge >= 0.3 is 0 Å². The molecule has 1 atom stereocenters. The van der Waals surface area contributed by atoms with Gasteiger partial charge in [0.15, 0.2) is 5.82 Å². The van der Waals surface area contributed by atoms with Gasteiger partial charge in [0.2, 0.25) is 0 Å². The summed E-state index contributed by atoms with van der Waals surface area (Å²) in [6.45, 7) is 1.49. The number of rotatable bonds is 3. The number of hydrogen-bond donors (Lipinski definition) is 1. The molecule has 0 bridgehead atoms. The molecule has 7 heteroatoms. The van der Waals surface area contributed by atoms with Gasteiger partial charge in [-0.25, -0.2) is 9.67 Å². The van der Waals surface area contributed by atoms with E-state index in [4.69, 9.17) is 0 Å². The van der Waals surface area contributed by atoms with Crippen molar-refractivity contribution < 1.29 is 4.79 Å². The lowest BCUT2D eigenvalue weighted by atomic mass is 9.94. The van der Waals surface area contributed by atoms with Crippen LogP contribution in [-0.2, 0) is 0 Å². The van der Waals surface area contributed by atoms with Crippen LogP contribution in [0.3, 0.4) is 0 Å². The number of carbonyl (C=O) groups is 1. The molecule has 4 rings (SSSR count). The predicted molar refractivity (Wildman–Crippen MR) is 87.8 cm³/mol. The monoisotopic (exact) mass is 322 g/mol. The Kier molecular flexibility index (Phi) is 3.82. The van der Waals surface area contributed by atoms with Gasteiger partial charge < -0.3 is 4.90 Å². The predicted octanol–water partition coefficient (Wildman–Crippen LogP) is 2.01. The Morgan fingerprint density at radius 2 is 2.21 bits per heavy atom. The SMILES string of the molecule is O=C(c1ccc(-n2cccn2)nc1)N1CCCC(c2ccn[nH]2)C1. The first-order chi connectivity index (χ1) is 11.8. The number of piperidine rings is 1. The van der Waals surface area contributed by atoms with E-state index in [0.717, 1.165) is 25.1 Å². The third kappa shape index (κ3) is 2.80. The Labute approximate surface area is 139 Å². The molecule has 7 nitrogen and oxygen atoms in total. The standard InChI is InChI=1S/C17H18N6O/c24-17(13-4-5-16(18-11-13)23-10-2-7-20-23)22-9-1-3-14(12-22)15-6-8-19-21-15/h2,4-8,10-11,14H,1,3,9,12H2,(H,19,21). The average molecular weight is 322 g/mol. The molecule has 0 saturated carbocycles. The maximum absolute atomic E-state index is 12.8. The lowest BCUT2D eigenvalue weighted by Crippen LogP contribution is -2.39. The number of H-pyrrole nitrogens is 1. The summed E-state index contributed by atoms with van der Waals surface area (Å²) >= 11 is 0. The molecule has 3 aromatic rings.